The van der Waals surface area contributed by atoms with E-state index in [9.17, 15) is 9.59 Å². The summed E-state index contributed by atoms with van der Waals surface area (Å²) in [4.78, 5) is 24.2. The van der Waals surface area contributed by atoms with E-state index in [0.29, 0.717) is 16.8 Å². The van der Waals surface area contributed by atoms with Crippen LogP contribution in [0.15, 0.2) is 66.4 Å². The highest BCUT2D eigenvalue weighted by atomic mass is 16.7. The molecule has 0 spiro atoms. The first kappa shape index (κ1) is 24.1. The van der Waals surface area contributed by atoms with Gasteiger partial charge in [0, 0.05) is 36.2 Å². The molecular weight excluding hydrogens is 424 g/mol. The third-order valence-electron chi connectivity index (χ3n) is 5.93. The largest absolute Gasteiger partial charge is 0.472 e. The molecule has 0 radical (unpaired) electrons. The van der Waals surface area contributed by atoms with Crippen LogP contribution >= 0.6 is 0 Å². The van der Waals surface area contributed by atoms with Gasteiger partial charge in [-0.1, -0.05) is 18.2 Å². The molecule has 2 aromatic carbocycles. The number of anilines is 2. The van der Waals surface area contributed by atoms with E-state index in [-0.39, 0.29) is 24.4 Å². The lowest BCUT2D eigenvalue weighted by Crippen LogP contribution is -2.39. The predicted octanol–water partition coefficient (Wildman–Crippen LogP) is 3.40. The molecule has 8 heteroatoms. The lowest BCUT2D eigenvalue weighted by Gasteiger charge is -2.34. The molecule has 1 heterocycles. The van der Waals surface area contributed by atoms with Crippen LogP contribution in [0.5, 0.6) is 0 Å². The Labute approximate surface area is 193 Å². The molecule has 0 amide bonds. The first-order chi connectivity index (χ1) is 15.9. The van der Waals surface area contributed by atoms with Crippen LogP contribution in [0.4, 0.5) is 11.4 Å². The second-order valence-corrected chi connectivity index (χ2v) is 7.96. The number of nitrogens with two attached hydrogens (primary N) is 2. The molecule has 4 unspecified atom stereocenters. The van der Waals surface area contributed by atoms with Crippen molar-refractivity contribution in [3.8, 4) is 0 Å². The number of para-hydroxylation sites is 1. The van der Waals surface area contributed by atoms with Crippen molar-refractivity contribution in [2.24, 2.45) is 17.8 Å². The molecule has 1 saturated carbocycles. The molecule has 4 N–H and O–H groups in total. The van der Waals surface area contributed by atoms with Crippen molar-refractivity contribution < 1.29 is 28.5 Å². The third-order valence-corrected chi connectivity index (χ3v) is 5.93. The Bertz CT molecular complexity index is 961. The van der Waals surface area contributed by atoms with Crippen molar-refractivity contribution in [3.63, 3.8) is 0 Å². The monoisotopic (exact) mass is 454 g/mol. The summed E-state index contributed by atoms with van der Waals surface area (Å²) < 4.78 is 21.3. The van der Waals surface area contributed by atoms with Gasteiger partial charge in [-0.25, -0.2) is 9.59 Å². The minimum absolute atomic E-state index is 0.0265. The van der Waals surface area contributed by atoms with Crippen LogP contribution in [0, 0.1) is 17.8 Å². The average molecular weight is 455 g/mol. The Hall–Kier alpha value is -3.52. The summed E-state index contributed by atoms with van der Waals surface area (Å²) in [5, 5.41) is 0. The molecule has 0 aromatic heterocycles. The van der Waals surface area contributed by atoms with E-state index >= 15 is 0 Å². The normalized spacial score (nSPS) is 23.2. The Morgan fingerprint density at radius 2 is 1.61 bits per heavy atom. The van der Waals surface area contributed by atoms with E-state index in [1.807, 2.05) is 30.3 Å². The summed E-state index contributed by atoms with van der Waals surface area (Å²) in [6, 6.07) is 16.1. The van der Waals surface area contributed by atoms with E-state index in [1.165, 1.54) is 13.4 Å². The van der Waals surface area contributed by atoms with Crippen LogP contribution in [-0.2, 0) is 23.7 Å². The van der Waals surface area contributed by atoms with Gasteiger partial charge in [-0.15, -0.1) is 0 Å². The van der Waals surface area contributed by atoms with E-state index in [1.54, 1.807) is 31.4 Å². The fraction of sp³-hybridized carbons (Fsp3) is 0.360. The summed E-state index contributed by atoms with van der Waals surface area (Å²) in [6.07, 6.45) is 2.56. The lowest BCUT2D eigenvalue weighted by atomic mass is 9.83. The number of ether oxygens (including phenoxy) is 4. The van der Waals surface area contributed by atoms with Gasteiger partial charge in [0.15, 0.2) is 0 Å². The summed E-state index contributed by atoms with van der Waals surface area (Å²) in [5.74, 6) is -0.854. The van der Waals surface area contributed by atoms with E-state index in [0.717, 1.165) is 18.5 Å². The van der Waals surface area contributed by atoms with Crippen LogP contribution in [0.3, 0.4) is 0 Å². The smallest absolute Gasteiger partial charge is 0.338 e. The highest BCUT2D eigenvalue weighted by molar-refractivity contribution is 5.90. The van der Waals surface area contributed by atoms with E-state index in [4.69, 9.17) is 30.4 Å². The Balaban J connectivity index is 0.000000374. The number of carbonyl (C=O) groups is 2. The Morgan fingerprint density at radius 1 is 0.939 bits per heavy atom. The third kappa shape index (κ3) is 6.04. The maximum atomic E-state index is 12.2. The van der Waals surface area contributed by atoms with Gasteiger partial charge in [-0.2, -0.15) is 0 Å². The SMILES string of the molecule is COC(=O)C1=COC(OC)C2C(COC(=O)c3ccc(N)cc3)CCC12.Nc1ccccc1. The van der Waals surface area contributed by atoms with Crippen molar-refractivity contribution >= 4 is 23.3 Å². The molecule has 1 aliphatic carbocycles. The minimum Gasteiger partial charge on any atom is -0.472 e. The highest BCUT2D eigenvalue weighted by Crippen LogP contribution is 2.47. The molecule has 4 rings (SSSR count). The van der Waals surface area contributed by atoms with Crippen molar-refractivity contribution in [2.45, 2.75) is 19.1 Å². The molecule has 176 valence electrons. The first-order valence-corrected chi connectivity index (χ1v) is 10.7. The molecule has 2 aromatic rings. The number of benzene rings is 2. The summed E-state index contributed by atoms with van der Waals surface area (Å²) >= 11 is 0. The molecule has 2 aliphatic rings. The summed E-state index contributed by atoms with van der Waals surface area (Å²) in [6.45, 7) is 0.238. The number of rotatable bonds is 5. The topological polar surface area (TPSA) is 123 Å². The zero-order valence-electron chi connectivity index (χ0n) is 18.8. The number of nitrogen functional groups attached to an aromatic ring is 2. The molecule has 33 heavy (non-hydrogen) atoms. The number of fused-ring (bicyclic) bond motifs is 1. The molecule has 0 bridgehead atoms. The number of carbonyl (C=O) groups excluding carboxylic acids is 2. The van der Waals surface area contributed by atoms with Crippen molar-refractivity contribution in [1.82, 2.24) is 0 Å². The summed E-state index contributed by atoms with van der Waals surface area (Å²) in [5.41, 5.74) is 13.4. The maximum Gasteiger partial charge on any atom is 0.338 e. The minimum atomic E-state index is -0.476. The second-order valence-electron chi connectivity index (χ2n) is 7.96. The molecular formula is C25H30N2O6. The van der Waals surface area contributed by atoms with Gasteiger partial charge in [0.1, 0.15) is 0 Å². The zero-order valence-corrected chi connectivity index (χ0v) is 18.8. The van der Waals surface area contributed by atoms with Crippen LogP contribution in [-0.4, -0.2) is 39.1 Å². The van der Waals surface area contributed by atoms with Gasteiger partial charge in [-0.05, 0) is 49.2 Å². The number of esters is 2. The van der Waals surface area contributed by atoms with Gasteiger partial charge >= 0.3 is 11.9 Å². The molecule has 0 saturated heterocycles. The van der Waals surface area contributed by atoms with Crippen molar-refractivity contribution in [1.29, 1.82) is 0 Å². The van der Waals surface area contributed by atoms with Crippen LogP contribution < -0.4 is 11.5 Å². The van der Waals surface area contributed by atoms with E-state index in [2.05, 4.69) is 0 Å². The van der Waals surface area contributed by atoms with Crippen molar-refractivity contribution in [3.05, 3.63) is 72.0 Å². The lowest BCUT2D eigenvalue weighted by molar-refractivity contribution is -0.157. The van der Waals surface area contributed by atoms with E-state index < -0.39 is 18.2 Å². The quantitative estimate of drug-likeness (QED) is 0.521. The van der Waals surface area contributed by atoms with Crippen LogP contribution in [0.2, 0.25) is 0 Å². The molecule has 4 atom stereocenters. The Kier molecular flexibility index (Phi) is 8.32. The highest BCUT2D eigenvalue weighted by Gasteiger charge is 2.48. The van der Waals surface area contributed by atoms with Crippen molar-refractivity contribution in [2.75, 3.05) is 32.3 Å². The average Bonchev–Trinajstić information content (AvgIpc) is 3.27. The van der Waals surface area contributed by atoms with Crippen LogP contribution in [0.1, 0.15) is 23.2 Å². The molecule has 1 fully saturated rings. The van der Waals surface area contributed by atoms with Gasteiger partial charge in [0.2, 0.25) is 6.29 Å². The van der Waals surface area contributed by atoms with Gasteiger partial charge < -0.3 is 30.4 Å². The Morgan fingerprint density at radius 3 is 2.18 bits per heavy atom. The standard InChI is InChI=1S/C19H23NO6.C6H7N/c1-23-18(22)15-10-26-19(24-2)16-12(5-8-14(15)16)9-25-17(21)11-3-6-13(20)7-4-11;7-6-4-2-1-3-5-6/h3-4,6-7,10,12,14,16,19H,5,8-9,20H2,1-2H3;1-5H,7H2. The zero-order chi connectivity index (χ0) is 23.8. The number of hydrogen-bond donors (Lipinski definition) is 2. The fourth-order valence-electron chi connectivity index (χ4n) is 4.26. The fourth-order valence-corrected chi connectivity index (χ4v) is 4.26. The second kappa shape index (κ2) is 11.4. The number of methoxy groups -OCH3 is 2. The molecule has 8 nitrogen and oxygen atoms in total. The first-order valence-electron chi connectivity index (χ1n) is 10.7. The van der Waals surface area contributed by atoms with Gasteiger partial charge in [0.05, 0.1) is 31.1 Å². The summed E-state index contributed by atoms with van der Waals surface area (Å²) in [7, 11) is 2.91. The van der Waals surface area contributed by atoms with Gasteiger partial charge in [0.25, 0.3) is 0 Å². The van der Waals surface area contributed by atoms with Crippen LogP contribution in [0.25, 0.3) is 0 Å². The predicted molar refractivity (Wildman–Crippen MR) is 124 cm³/mol. The molecule has 1 aliphatic heterocycles. The van der Waals surface area contributed by atoms with Gasteiger partial charge in [-0.3, -0.25) is 0 Å². The maximum absolute atomic E-state index is 12.2. The number of hydrogen-bond acceptors (Lipinski definition) is 8.